The highest BCUT2D eigenvalue weighted by molar-refractivity contribution is 6.10. The third kappa shape index (κ3) is 3.79. The summed E-state index contributed by atoms with van der Waals surface area (Å²) in [6, 6.07) is 24.0. The number of nitrogens with zero attached hydrogens (tertiary/aromatic N) is 8. The van der Waals surface area contributed by atoms with Crippen LogP contribution in [0.2, 0.25) is 0 Å². The highest BCUT2D eigenvalue weighted by Crippen LogP contribution is 2.50. The van der Waals surface area contributed by atoms with Crippen molar-refractivity contribution in [1.82, 2.24) is 19.5 Å². The van der Waals surface area contributed by atoms with Crippen molar-refractivity contribution in [3.05, 3.63) is 96.6 Å². The number of aryl methyl sites for hydroxylation is 1. The van der Waals surface area contributed by atoms with E-state index in [1.807, 2.05) is 25.5 Å². The molecule has 46 heavy (non-hydrogen) atoms. The maximum atomic E-state index is 5.41. The van der Waals surface area contributed by atoms with Crippen molar-refractivity contribution < 1.29 is 9.13 Å². The second-order valence-electron chi connectivity index (χ2n) is 13.1. The zero-order valence-corrected chi connectivity index (χ0v) is 27.5. The monoisotopic (exact) mass is 608 g/mol. The molecule has 8 rings (SSSR count). The molecule has 8 nitrogen and oxygen atoms in total. The summed E-state index contributed by atoms with van der Waals surface area (Å²) < 4.78 is 7.21. The number of para-hydroxylation sites is 1. The number of aromatic nitrogens is 5. The van der Waals surface area contributed by atoms with Crippen LogP contribution in [0.4, 0.5) is 0 Å². The average molecular weight is 609 g/mol. The van der Waals surface area contributed by atoms with Crippen LogP contribution >= 0.6 is 0 Å². The predicted molar refractivity (Wildman–Crippen MR) is 184 cm³/mol. The van der Waals surface area contributed by atoms with E-state index in [2.05, 4.69) is 120 Å². The fourth-order valence-corrected chi connectivity index (χ4v) is 8.32. The lowest BCUT2D eigenvalue weighted by atomic mass is 9.71. The number of aliphatic imine (C=N–C) groups is 1. The molecule has 2 aliphatic rings. The van der Waals surface area contributed by atoms with Crippen LogP contribution in [0.25, 0.3) is 44.2 Å². The van der Waals surface area contributed by atoms with Gasteiger partial charge in [0.1, 0.15) is 18.3 Å². The molecular formula is C38H40N8+2. The first kappa shape index (κ1) is 28.5. The molecule has 1 spiro atoms. The van der Waals surface area contributed by atoms with Crippen molar-refractivity contribution in [2.24, 2.45) is 17.1 Å². The quantitative estimate of drug-likeness (QED) is 0.172. The number of benzene rings is 2. The summed E-state index contributed by atoms with van der Waals surface area (Å²) in [4.78, 5) is 14.9. The first-order valence-electron chi connectivity index (χ1n) is 16.3. The van der Waals surface area contributed by atoms with E-state index in [1.54, 1.807) is 0 Å². The zero-order chi connectivity index (χ0) is 31.8. The Labute approximate surface area is 269 Å². The third-order valence-electron chi connectivity index (χ3n) is 10.5. The van der Waals surface area contributed by atoms with Gasteiger partial charge in [-0.15, -0.1) is 0 Å². The Balaban J connectivity index is 1.57. The van der Waals surface area contributed by atoms with Gasteiger partial charge in [0.05, 0.1) is 6.20 Å². The molecule has 6 heterocycles. The molecule has 0 aliphatic carbocycles. The maximum Gasteiger partial charge on any atom is 0.349 e. The second kappa shape index (κ2) is 10.3. The van der Waals surface area contributed by atoms with E-state index < -0.39 is 5.54 Å². The molecular weight excluding hydrogens is 568 g/mol. The lowest BCUT2D eigenvalue weighted by Gasteiger charge is -2.45. The molecule has 1 atom stereocenters. The molecule has 0 bridgehead atoms. The van der Waals surface area contributed by atoms with Gasteiger partial charge in [-0.3, -0.25) is 4.99 Å². The molecule has 6 aromatic rings. The minimum atomic E-state index is -0.604. The van der Waals surface area contributed by atoms with Crippen LogP contribution in [0.3, 0.4) is 0 Å². The van der Waals surface area contributed by atoms with Gasteiger partial charge >= 0.3 is 5.65 Å². The van der Waals surface area contributed by atoms with Crippen molar-refractivity contribution in [3.63, 3.8) is 0 Å². The Hall–Kier alpha value is -4.98. The first-order chi connectivity index (χ1) is 22.4. The van der Waals surface area contributed by atoms with Crippen LogP contribution in [0.5, 0.6) is 0 Å². The number of hydrogen-bond donors (Lipinski definition) is 0. The topological polar surface area (TPSA) is 66.4 Å². The minimum Gasteiger partial charge on any atom is -0.344 e. The van der Waals surface area contributed by atoms with Gasteiger partial charge < -0.3 is 4.57 Å². The molecule has 0 amide bonds. The van der Waals surface area contributed by atoms with Crippen LogP contribution in [-0.4, -0.2) is 38.1 Å². The van der Waals surface area contributed by atoms with Gasteiger partial charge in [-0.25, -0.2) is 14.6 Å². The summed E-state index contributed by atoms with van der Waals surface area (Å²) in [6.45, 7) is 9.46. The normalized spacial score (nSPS) is 19.3. The fourth-order valence-electron chi connectivity index (χ4n) is 8.32. The molecule has 2 aromatic carbocycles. The molecule has 8 heteroatoms. The number of amidine groups is 1. The third-order valence-corrected chi connectivity index (χ3v) is 10.5. The van der Waals surface area contributed by atoms with Crippen molar-refractivity contribution >= 4 is 44.5 Å². The average Bonchev–Trinajstić information content (AvgIpc) is 3.32. The Kier molecular flexibility index (Phi) is 6.36. The number of pyridine rings is 2. The molecule has 0 saturated carbocycles. The molecule has 0 fully saturated rings. The van der Waals surface area contributed by atoms with Crippen molar-refractivity contribution in [2.75, 3.05) is 7.05 Å². The van der Waals surface area contributed by atoms with Gasteiger partial charge in [0.15, 0.2) is 22.9 Å². The highest BCUT2D eigenvalue weighted by Gasteiger charge is 2.59. The number of rotatable bonds is 3. The lowest BCUT2D eigenvalue weighted by Crippen LogP contribution is -2.63. The van der Waals surface area contributed by atoms with E-state index in [0.29, 0.717) is 6.54 Å². The number of fused-ring (bicyclic) bond motifs is 10. The number of hydrazone groups is 1. The zero-order valence-electron chi connectivity index (χ0n) is 27.5. The highest BCUT2D eigenvalue weighted by atomic mass is 15.5. The summed E-state index contributed by atoms with van der Waals surface area (Å²) in [5.41, 5.74) is 8.92. The second-order valence-corrected chi connectivity index (χ2v) is 13.1. The van der Waals surface area contributed by atoms with E-state index in [0.717, 1.165) is 58.9 Å². The summed E-state index contributed by atoms with van der Waals surface area (Å²) in [6.07, 6.45) is 8.91. The van der Waals surface area contributed by atoms with E-state index in [1.165, 1.54) is 27.4 Å². The fraction of sp³-hybridized carbons (Fsp3) is 0.316. The molecule has 0 N–H and O–H groups in total. The molecule has 230 valence electrons. The molecule has 0 saturated heterocycles. The van der Waals surface area contributed by atoms with Crippen LogP contribution in [0.15, 0.2) is 95.4 Å². The smallest absolute Gasteiger partial charge is 0.344 e. The molecule has 2 aliphatic heterocycles. The predicted octanol–water partition coefficient (Wildman–Crippen LogP) is 6.42. The maximum absolute atomic E-state index is 5.41. The van der Waals surface area contributed by atoms with Crippen LogP contribution < -0.4 is 9.13 Å². The van der Waals surface area contributed by atoms with Crippen LogP contribution in [0, 0.1) is 0 Å². The van der Waals surface area contributed by atoms with E-state index in [9.17, 15) is 0 Å². The van der Waals surface area contributed by atoms with Gasteiger partial charge in [-0.1, -0.05) is 32.0 Å². The Morgan fingerprint density at radius 2 is 1.72 bits per heavy atom. The summed E-state index contributed by atoms with van der Waals surface area (Å²) in [5.74, 6) is 0.865. The Morgan fingerprint density at radius 3 is 2.50 bits per heavy atom. The molecule has 4 aromatic heterocycles. The van der Waals surface area contributed by atoms with Crippen molar-refractivity contribution in [2.45, 2.75) is 64.6 Å². The lowest BCUT2D eigenvalue weighted by molar-refractivity contribution is -0.770. The van der Waals surface area contributed by atoms with E-state index in [-0.39, 0.29) is 5.54 Å². The van der Waals surface area contributed by atoms with Gasteiger partial charge in [-0.2, -0.15) is 9.67 Å². The Morgan fingerprint density at radius 1 is 0.913 bits per heavy atom. The van der Waals surface area contributed by atoms with Crippen LogP contribution in [-0.2, 0) is 24.7 Å². The minimum absolute atomic E-state index is 0.197. The molecule has 0 radical (unpaired) electrons. The Bertz CT molecular complexity index is 2250. The van der Waals surface area contributed by atoms with Gasteiger partial charge in [0.2, 0.25) is 11.5 Å². The van der Waals surface area contributed by atoms with Gasteiger partial charge in [0.25, 0.3) is 0 Å². The van der Waals surface area contributed by atoms with E-state index >= 15 is 0 Å². The largest absolute Gasteiger partial charge is 0.349 e. The van der Waals surface area contributed by atoms with Gasteiger partial charge in [0, 0.05) is 78.6 Å². The SMILES string of the molecule is CCC1(CC)CC2(C[n+]3c(cnc4cccnc43)-c3cc4c5ccccc5n(C)c4cc32)N(N=C(C)C)C(=NC)c2cccc[n+]21. The summed E-state index contributed by atoms with van der Waals surface area (Å²) in [7, 11) is 4.08. The summed E-state index contributed by atoms with van der Waals surface area (Å²) >= 11 is 0. The first-order valence-corrected chi connectivity index (χ1v) is 16.3. The summed E-state index contributed by atoms with van der Waals surface area (Å²) in [5, 5.41) is 10.1. The van der Waals surface area contributed by atoms with Crippen LogP contribution in [0.1, 0.15) is 58.2 Å². The standard InChI is InChI=1S/C38H40N8/c1-7-37(8-2)23-38(46(42-25(3)4)36(39-5)32-17-11-12-19-45(32)37)24-44-34(22-41-30-15-13-18-40-35(30)44)28-20-27-26-14-9-10-16-31(26)43(6)33(27)21-29(28)38/h9-22H,7-8,23-24H2,1-6H3/q+2. The molecule has 1 unspecified atom stereocenters. The van der Waals surface area contributed by atoms with Crippen molar-refractivity contribution in [1.29, 1.82) is 0 Å². The van der Waals surface area contributed by atoms with Gasteiger partial charge in [-0.05, 0) is 60.8 Å². The van der Waals surface area contributed by atoms with Crippen molar-refractivity contribution in [3.8, 4) is 11.3 Å². The number of hydrogen-bond acceptors (Lipinski definition) is 4. The van der Waals surface area contributed by atoms with E-state index in [4.69, 9.17) is 20.1 Å².